The molecule has 0 aliphatic carbocycles. The normalized spacial score (nSPS) is 16.8. The molecule has 24 heavy (non-hydrogen) atoms. The fraction of sp³-hybridized carbons (Fsp3) is 0.389. The van der Waals surface area contributed by atoms with E-state index in [1.165, 1.54) is 17.0 Å². The van der Waals surface area contributed by atoms with Crippen molar-refractivity contribution in [2.75, 3.05) is 37.6 Å². The summed E-state index contributed by atoms with van der Waals surface area (Å²) < 4.78 is 13.0. The van der Waals surface area contributed by atoms with Crippen molar-refractivity contribution >= 4 is 22.9 Å². The van der Waals surface area contributed by atoms with E-state index in [-0.39, 0.29) is 17.8 Å². The Morgan fingerprint density at radius 2 is 1.92 bits per heavy atom. The van der Waals surface area contributed by atoms with Gasteiger partial charge in [-0.05, 0) is 42.6 Å². The molecule has 1 aliphatic rings. The predicted molar refractivity (Wildman–Crippen MR) is 95.9 cm³/mol. The first-order chi connectivity index (χ1) is 11.6. The Bertz CT molecular complexity index is 651. The quantitative estimate of drug-likeness (QED) is 0.903. The lowest BCUT2D eigenvalue weighted by Crippen LogP contribution is -2.49. The van der Waals surface area contributed by atoms with Gasteiger partial charge in [0, 0.05) is 36.7 Å². The zero-order chi connectivity index (χ0) is 16.9. The van der Waals surface area contributed by atoms with Gasteiger partial charge in [-0.2, -0.15) is 0 Å². The number of carbonyl (C=O) groups excluding carboxylic acids is 1. The third-order valence-corrected chi connectivity index (χ3v) is 5.33. The molecule has 0 spiro atoms. The smallest absolute Gasteiger partial charge is 0.234 e. The van der Waals surface area contributed by atoms with Gasteiger partial charge in [0.25, 0.3) is 0 Å². The zero-order valence-corrected chi connectivity index (χ0v) is 14.6. The van der Waals surface area contributed by atoms with Crippen LogP contribution in [0.3, 0.4) is 0 Å². The Labute approximate surface area is 145 Å². The summed E-state index contributed by atoms with van der Waals surface area (Å²) >= 11 is 1.66. The highest BCUT2D eigenvalue weighted by atomic mass is 32.1. The average Bonchev–Trinajstić information content (AvgIpc) is 3.11. The van der Waals surface area contributed by atoms with Crippen LogP contribution in [0.2, 0.25) is 0 Å². The zero-order valence-electron chi connectivity index (χ0n) is 13.7. The summed E-state index contributed by atoms with van der Waals surface area (Å²) in [5.41, 5.74) is 1.03. The van der Waals surface area contributed by atoms with Gasteiger partial charge < -0.3 is 10.2 Å². The summed E-state index contributed by atoms with van der Waals surface area (Å²) in [6, 6.07) is 10.7. The molecule has 6 heteroatoms. The maximum absolute atomic E-state index is 13.0. The number of anilines is 1. The van der Waals surface area contributed by atoms with E-state index in [2.05, 4.69) is 15.1 Å². The van der Waals surface area contributed by atoms with E-state index in [9.17, 15) is 9.18 Å². The van der Waals surface area contributed by atoms with E-state index < -0.39 is 0 Å². The van der Waals surface area contributed by atoms with Crippen molar-refractivity contribution in [1.82, 2.24) is 10.2 Å². The van der Waals surface area contributed by atoms with E-state index in [1.807, 2.05) is 24.4 Å². The van der Waals surface area contributed by atoms with Crippen molar-refractivity contribution in [3.63, 3.8) is 0 Å². The van der Waals surface area contributed by atoms with Gasteiger partial charge >= 0.3 is 0 Å². The fourth-order valence-corrected chi connectivity index (χ4v) is 3.65. The summed E-state index contributed by atoms with van der Waals surface area (Å²) in [6.45, 7) is 5.79. The van der Waals surface area contributed by atoms with Gasteiger partial charge in [0.05, 0.1) is 12.6 Å². The van der Waals surface area contributed by atoms with Crippen LogP contribution in [0.15, 0.2) is 41.8 Å². The van der Waals surface area contributed by atoms with Crippen LogP contribution in [-0.4, -0.2) is 43.5 Å². The highest BCUT2D eigenvalue weighted by Gasteiger charge is 2.20. The minimum Gasteiger partial charge on any atom is -0.369 e. The number of amides is 1. The van der Waals surface area contributed by atoms with Crippen molar-refractivity contribution in [3.05, 3.63) is 52.5 Å². The van der Waals surface area contributed by atoms with E-state index in [0.29, 0.717) is 6.54 Å². The van der Waals surface area contributed by atoms with Gasteiger partial charge in [-0.25, -0.2) is 4.39 Å². The molecule has 1 N–H and O–H groups in total. The molecule has 2 aromatic rings. The Kier molecular flexibility index (Phi) is 5.48. The number of hydrogen-bond donors (Lipinski definition) is 1. The van der Waals surface area contributed by atoms with E-state index in [4.69, 9.17) is 0 Å². The molecule has 1 unspecified atom stereocenters. The molecular weight excluding hydrogens is 325 g/mol. The second-order valence-corrected chi connectivity index (χ2v) is 7.02. The van der Waals surface area contributed by atoms with Crippen molar-refractivity contribution < 1.29 is 9.18 Å². The monoisotopic (exact) mass is 347 g/mol. The maximum atomic E-state index is 13.0. The molecule has 1 aromatic heterocycles. The molecule has 1 aliphatic heterocycles. The van der Waals surface area contributed by atoms with Crippen LogP contribution in [0.5, 0.6) is 0 Å². The van der Waals surface area contributed by atoms with Gasteiger partial charge in [-0.15, -0.1) is 11.3 Å². The topological polar surface area (TPSA) is 35.6 Å². The van der Waals surface area contributed by atoms with Crippen LogP contribution in [0, 0.1) is 5.82 Å². The molecule has 0 radical (unpaired) electrons. The maximum Gasteiger partial charge on any atom is 0.234 e. The summed E-state index contributed by atoms with van der Waals surface area (Å²) in [5.74, 6) is -0.153. The van der Waals surface area contributed by atoms with Gasteiger partial charge in [0.2, 0.25) is 5.91 Å². The molecule has 1 atom stereocenters. The molecule has 1 fully saturated rings. The minimum absolute atomic E-state index is 0.0537. The van der Waals surface area contributed by atoms with Crippen molar-refractivity contribution in [1.29, 1.82) is 0 Å². The largest absolute Gasteiger partial charge is 0.369 e. The molecule has 4 nitrogen and oxygen atoms in total. The molecule has 1 amide bonds. The first-order valence-corrected chi connectivity index (χ1v) is 9.05. The van der Waals surface area contributed by atoms with Crippen LogP contribution >= 0.6 is 11.3 Å². The molecule has 3 rings (SSSR count). The highest BCUT2D eigenvalue weighted by molar-refractivity contribution is 7.10. The molecule has 0 saturated carbocycles. The number of halogens is 1. The lowest BCUT2D eigenvalue weighted by molar-refractivity contribution is -0.122. The number of rotatable bonds is 5. The molecule has 1 aromatic carbocycles. The van der Waals surface area contributed by atoms with Gasteiger partial charge in [-0.3, -0.25) is 9.69 Å². The van der Waals surface area contributed by atoms with Crippen LogP contribution in [0.25, 0.3) is 0 Å². The Balaban J connectivity index is 1.45. The Morgan fingerprint density at radius 3 is 2.54 bits per heavy atom. The molecular formula is C18H22FN3OS. The third kappa shape index (κ3) is 4.33. The van der Waals surface area contributed by atoms with Crippen LogP contribution in [0.1, 0.15) is 17.8 Å². The average molecular weight is 347 g/mol. The van der Waals surface area contributed by atoms with Crippen molar-refractivity contribution in [2.24, 2.45) is 0 Å². The summed E-state index contributed by atoms with van der Waals surface area (Å²) in [4.78, 5) is 17.8. The van der Waals surface area contributed by atoms with Crippen LogP contribution in [0.4, 0.5) is 10.1 Å². The number of hydrogen-bond acceptors (Lipinski definition) is 4. The SMILES string of the molecule is CC(NC(=O)CN1CCN(c2ccc(F)cc2)CC1)c1cccs1. The second-order valence-electron chi connectivity index (χ2n) is 6.04. The first kappa shape index (κ1) is 16.9. The number of piperazine rings is 1. The summed E-state index contributed by atoms with van der Waals surface area (Å²) in [5, 5.41) is 5.07. The number of benzene rings is 1. The second kappa shape index (κ2) is 7.77. The van der Waals surface area contributed by atoms with E-state index in [0.717, 1.165) is 31.9 Å². The van der Waals surface area contributed by atoms with Crippen molar-refractivity contribution in [2.45, 2.75) is 13.0 Å². The highest BCUT2D eigenvalue weighted by Crippen LogP contribution is 2.19. The fourth-order valence-electron chi connectivity index (χ4n) is 2.92. The summed E-state index contributed by atoms with van der Waals surface area (Å²) in [7, 11) is 0. The Morgan fingerprint density at radius 1 is 1.21 bits per heavy atom. The number of nitrogens with one attached hydrogen (secondary N) is 1. The third-order valence-electron chi connectivity index (χ3n) is 4.28. The Hall–Kier alpha value is -1.92. The molecule has 128 valence electrons. The molecule has 2 heterocycles. The summed E-state index contributed by atoms with van der Waals surface area (Å²) in [6.07, 6.45) is 0. The lowest BCUT2D eigenvalue weighted by atomic mass is 10.2. The number of thiophene rings is 1. The van der Waals surface area contributed by atoms with Gasteiger partial charge in [0.1, 0.15) is 5.82 Å². The van der Waals surface area contributed by atoms with Crippen LogP contribution in [-0.2, 0) is 4.79 Å². The minimum atomic E-state index is -0.214. The number of carbonyl (C=O) groups is 1. The molecule has 0 bridgehead atoms. The lowest BCUT2D eigenvalue weighted by Gasteiger charge is -2.35. The van der Waals surface area contributed by atoms with E-state index in [1.54, 1.807) is 23.5 Å². The van der Waals surface area contributed by atoms with Gasteiger partial charge in [-0.1, -0.05) is 6.07 Å². The van der Waals surface area contributed by atoms with Gasteiger partial charge in [0.15, 0.2) is 0 Å². The molecule has 1 saturated heterocycles. The number of nitrogens with zero attached hydrogens (tertiary/aromatic N) is 2. The first-order valence-electron chi connectivity index (χ1n) is 8.17. The standard InChI is InChI=1S/C18H22FN3OS/c1-14(17-3-2-12-24-17)20-18(23)13-21-8-10-22(11-9-21)16-6-4-15(19)5-7-16/h2-7,12,14H,8-11,13H2,1H3,(H,20,23). The van der Waals surface area contributed by atoms with E-state index >= 15 is 0 Å². The van der Waals surface area contributed by atoms with Crippen molar-refractivity contribution in [3.8, 4) is 0 Å². The predicted octanol–water partition coefficient (Wildman–Crippen LogP) is 2.89. The van der Waals surface area contributed by atoms with Crippen LogP contribution < -0.4 is 10.2 Å².